The van der Waals surface area contributed by atoms with Crippen LogP contribution < -0.4 is 11.1 Å². The highest BCUT2D eigenvalue weighted by Gasteiger charge is 2.25. The molecule has 2 N–H and O–H groups in total. The van der Waals surface area contributed by atoms with Gasteiger partial charge in [-0.1, -0.05) is 6.07 Å². The minimum atomic E-state index is -0.682. The number of rotatable bonds is 2. The fraction of sp³-hybridized carbons (Fsp3) is 0.385. The minimum Gasteiger partial charge on any atom is -0.376 e. The molecule has 1 aromatic carbocycles. The molecule has 2 heterocycles. The van der Waals surface area contributed by atoms with Gasteiger partial charge in [-0.15, -0.1) is 11.6 Å². The van der Waals surface area contributed by atoms with Crippen LogP contribution >= 0.6 is 11.6 Å². The van der Waals surface area contributed by atoms with Crippen molar-refractivity contribution in [3.63, 3.8) is 0 Å². The summed E-state index contributed by atoms with van der Waals surface area (Å²) in [4.78, 5) is 27.6. The van der Waals surface area contributed by atoms with E-state index in [0.29, 0.717) is 30.9 Å². The van der Waals surface area contributed by atoms with Crippen molar-refractivity contribution in [1.82, 2.24) is 9.97 Å². The van der Waals surface area contributed by atoms with Crippen LogP contribution in [0.1, 0.15) is 10.9 Å². The predicted molar refractivity (Wildman–Crippen MR) is 74.3 cm³/mol. The molecule has 3 rings (SSSR count). The third kappa shape index (κ3) is 2.49. The van der Waals surface area contributed by atoms with Crippen LogP contribution in [0.25, 0.3) is 11.0 Å². The summed E-state index contributed by atoms with van der Waals surface area (Å²) in [7, 11) is 0. The van der Waals surface area contributed by atoms with Crippen LogP contribution in [0, 0.1) is 0 Å². The molecule has 7 heteroatoms. The van der Waals surface area contributed by atoms with Gasteiger partial charge in [0.2, 0.25) is 0 Å². The smallest absolute Gasteiger partial charge is 0.314 e. The van der Waals surface area contributed by atoms with Gasteiger partial charge >= 0.3 is 11.1 Å². The molecule has 6 nitrogen and oxygen atoms in total. The van der Waals surface area contributed by atoms with Crippen molar-refractivity contribution in [3.05, 3.63) is 44.5 Å². The van der Waals surface area contributed by atoms with E-state index in [1.54, 1.807) is 18.2 Å². The Labute approximate surface area is 118 Å². The van der Waals surface area contributed by atoms with Gasteiger partial charge in [0.1, 0.15) is 6.10 Å². The van der Waals surface area contributed by atoms with Crippen molar-refractivity contribution in [2.45, 2.75) is 11.5 Å². The SMILES string of the molecule is O=c1[nH]c2ccc(C(Cl)C3COCCO3)cc2[nH]c1=O. The average molecular weight is 297 g/mol. The Morgan fingerprint density at radius 1 is 1.15 bits per heavy atom. The molecule has 2 unspecified atom stereocenters. The first-order chi connectivity index (χ1) is 9.65. The average Bonchev–Trinajstić information content (AvgIpc) is 2.48. The first-order valence-electron chi connectivity index (χ1n) is 6.25. The number of aromatic nitrogens is 2. The molecule has 2 atom stereocenters. The van der Waals surface area contributed by atoms with Crippen LogP contribution in [0.3, 0.4) is 0 Å². The molecule has 0 spiro atoms. The molecular formula is C13H13ClN2O4. The number of benzene rings is 1. The lowest BCUT2D eigenvalue weighted by atomic mass is 10.1. The quantitative estimate of drug-likeness (QED) is 0.637. The molecule has 0 radical (unpaired) electrons. The summed E-state index contributed by atoms with van der Waals surface area (Å²) in [6.45, 7) is 1.53. The van der Waals surface area contributed by atoms with Crippen LogP contribution in [-0.4, -0.2) is 35.9 Å². The number of nitrogens with one attached hydrogen (secondary N) is 2. The standard InChI is InChI=1S/C13H13ClN2O4/c14-11(10-6-19-3-4-20-10)7-1-2-8-9(5-7)16-13(18)12(17)15-8/h1-2,5,10-11H,3-4,6H2,(H,15,17)(H,16,18). The largest absolute Gasteiger partial charge is 0.376 e. The lowest BCUT2D eigenvalue weighted by molar-refractivity contribution is -0.0892. The van der Waals surface area contributed by atoms with E-state index >= 15 is 0 Å². The molecule has 20 heavy (non-hydrogen) atoms. The van der Waals surface area contributed by atoms with Crippen LogP contribution in [-0.2, 0) is 9.47 Å². The summed E-state index contributed by atoms with van der Waals surface area (Å²) in [6, 6.07) is 5.25. The Balaban J connectivity index is 1.97. The molecule has 1 aliphatic rings. The summed E-state index contributed by atoms with van der Waals surface area (Å²) in [5, 5.41) is -0.380. The van der Waals surface area contributed by atoms with E-state index in [2.05, 4.69) is 9.97 Å². The molecule has 0 saturated carbocycles. The van der Waals surface area contributed by atoms with Crippen molar-refractivity contribution < 1.29 is 9.47 Å². The molecule has 1 fully saturated rings. The maximum Gasteiger partial charge on any atom is 0.314 e. The van der Waals surface area contributed by atoms with Gasteiger partial charge in [0.15, 0.2) is 0 Å². The van der Waals surface area contributed by atoms with Gasteiger partial charge in [0, 0.05) is 0 Å². The molecule has 1 aliphatic heterocycles. The van der Waals surface area contributed by atoms with E-state index in [4.69, 9.17) is 21.1 Å². The number of alkyl halides is 1. The maximum absolute atomic E-state index is 11.3. The highest BCUT2D eigenvalue weighted by Crippen LogP contribution is 2.29. The Morgan fingerprint density at radius 3 is 2.60 bits per heavy atom. The van der Waals surface area contributed by atoms with Gasteiger partial charge in [-0.2, -0.15) is 0 Å². The van der Waals surface area contributed by atoms with E-state index in [9.17, 15) is 9.59 Å². The topological polar surface area (TPSA) is 84.2 Å². The molecular weight excluding hydrogens is 284 g/mol. The van der Waals surface area contributed by atoms with E-state index in [1.807, 2.05) is 0 Å². The van der Waals surface area contributed by atoms with Crippen molar-refractivity contribution >= 4 is 22.6 Å². The number of aromatic amines is 2. The van der Waals surface area contributed by atoms with Crippen LogP contribution in [0.4, 0.5) is 0 Å². The van der Waals surface area contributed by atoms with Crippen molar-refractivity contribution in [2.24, 2.45) is 0 Å². The number of hydrogen-bond acceptors (Lipinski definition) is 4. The van der Waals surface area contributed by atoms with Crippen molar-refractivity contribution in [2.75, 3.05) is 19.8 Å². The van der Waals surface area contributed by atoms with Gasteiger partial charge in [-0.05, 0) is 17.7 Å². The van der Waals surface area contributed by atoms with E-state index in [0.717, 1.165) is 5.56 Å². The Morgan fingerprint density at radius 2 is 1.90 bits per heavy atom. The normalized spacial score (nSPS) is 20.9. The fourth-order valence-electron chi connectivity index (χ4n) is 2.19. The molecule has 106 valence electrons. The third-order valence-electron chi connectivity index (χ3n) is 3.23. The number of ether oxygens (including phenoxy) is 2. The molecule has 1 saturated heterocycles. The molecule has 1 aromatic heterocycles. The van der Waals surface area contributed by atoms with Gasteiger partial charge < -0.3 is 19.4 Å². The summed E-state index contributed by atoms with van der Waals surface area (Å²) < 4.78 is 10.9. The minimum absolute atomic E-state index is 0.225. The maximum atomic E-state index is 11.3. The van der Waals surface area contributed by atoms with E-state index in [-0.39, 0.29) is 11.5 Å². The Hall–Kier alpha value is -1.63. The van der Waals surface area contributed by atoms with Crippen LogP contribution in [0.5, 0.6) is 0 Å². The lowest BCUT2D eigenvalue weighted by Crippen LogP contribution is -2.32. The first-order valence-corrected chi connectivity index (χ1v) is 6.68. The highest BCUT2D eigenvalue weighted by molar-refractivity contribution is 6.21. The van der Waals surface area contributed by atoms with E-state index < -0.39 is 11.1 Å². The Kier molecular flexibility index (Phi) is 3.60. The summed E-state index contributed by atoms with van der Waals surface area (Å²) >= 11 is 6.39. The third-order valence-corrected chi connectivity index (χ3v) is 3.77. The van der Waals surface area contributed by atoms with Gasteiger partial charge in [-0.3, -0.25) is 9.59 Å². The fourth-order valence-corrected chi connectivity index (χ4v) is 2.47. The Bertz CT molecular complexity index is 733. The number of halogens is 1. The molecule has 0 amide bonds. The summed E-state index contributed by atoms with van der Waals surface area (Å²) in [5.41, 5.74) is 0.546. The highest BCUT2D eigenvalue weighted by atomic mass is 35.5. The van der Waals surface area contributed by atoms with Gasteiger partial charge in [0.25, 0.3) is 0 Å². The van der Waals surface area contributed by atoms with E-state index in [1.165, 1.54) is 0 Å². The zero-order valence-electron chi connectivity index (χ0n) is 10.5. The number of fused-ring (bicyclic) bond motifs is 1. The second-order valence-electron chi connectivity index (χ2n) is 4.60. The van der Waals surface area contributed by atoms with Gasteiger partial charge in [-0.25, -0.2) is 0 Å². The second-order valence-corrected chi connectivity index (χ2v) is 5.07. The van der Waals surface area contributed by atoms with Crippen LogP contribution in [0.2, 0.25) is 0 Å². The zero-order chi connectivity index (χ0) is 14.1. The van der Waals surface area contributed by atoms with Gasteiger partial charge in [0.05, 0.1) is 36.2 Å². The molecule has 2 aromatic rings. The number of H-pyrrole nitrogens is 2. The monoisotopic (exact) mass is 296 g/mol. The molecule has 0 aliphatic carbocycles. The second kappa shape index (κ2) is 5.40. The first kappa shape index (κ1) is 13.4. The summed E-state index contributed by atoms with van der Waals surface area (Å²) in [5.74, 6) is 0. The lowest BCUT2D eigenvalue weighted by Gasteiger charge is -2.27. The predicted octanol–water partition coefficient (Wildman–Crippen LogP) is 0.912. The number of hydrogen-bond donors (Lipinski definition) is 2. The van der Waals surface area contributed by atoms with Crippen LogP contribution in [0.15, 0.2) is 27.8 Å². The zero-order valence-corrected chi connectivity index (χ0v) is 11.3. The van der Waals surface area contributed by atoms with Crippen molar-refractivity contribution in [3.8, 4) is 0 Å². The molecule has 0 bridgehead atoms. The van der Waals surface area contributed by atoms with Crippen molar-refractivity contribution in [1.29, 1.82) is 0 Å². The summed E-state index contributed by atoms with van der Waals surface area (Å²) in [6.07, 6.45) is -0.225.